The Balaban J connectivity index is -0.000000333. The molecule has 0 aromatic heterocycles. The van der Waals surface area contributed by atoms with Gasteiger partial charge in [0.1, 0.15) is 104 Å². The minimum absolute atomic E-state index is 0.0289. The molecule has 0 heterocycles. The highest BCUT2D eigenvalue weighted by Crippen LogP contribution is 2.41. The van der Waals surface area contributed by atoms with Crippen LogP contribution in [0, 0.1) is 106 Å². The molecular formula is C112H200O18. The summed E-state index contributed by atoms with van der Waals surface area (Å²) < 4.78 is 0. The summed E-state index contributed by atoms with van der Waals surface area (Å²) in [5.41, 5.74) is -3.64. The molecule has 0 aromatic rings. The summed E-state index contributed by atoms with van der Waals surface area (Å²) in [6.07, 6.45) is 23.3. The zero-order valence-corrected chi connectivity index (χ0v) is 92.0. The van der Waals surface area contributed by atoms with Gasteiger partial charge in [0.2, 0.25) is 0 Å². The number of hydrogen-bond donors (Lipinski definition) is 0. The molecule has 0 radical (unpaired) electrons. The Labute approximate surface area is 795 Å². The first-order valence-corrected chi connectivity index (χ1v) is 50.0. The normalized spacial score (nSPS) is 15.0. The summed E-state index contributed by atoms with van der Waals surface area (Å²) in [4.78, 5) is 210. The monoisotopic (exact) mass is 1830 g/mol. The van der Waals surface area contributed by atoms with E-state index in [4.69, 9.17) is 0 Å². The highest BCUT2D eigenvalue weighted by Gasteiger charge is 2.40. The lowest BCUT2D eigenvalue weighted by atomic mass is 9.70. The second kappa shape index (κ2) is 61.2. The lowest BCUT2D eigenvalue weighted by Gasteiger charge is -2.33. The fourth-order valence-electron chi connectivity index (χ4n) is 13.3. The zero-order valence-electron chi connectivity index (χ0n) is 92.0. The fraction of sp³-hybridized carbons (Fsp3) is 0.839. The molecule has 0 spiro atoms. The second-order valence-corrected chi connectivity index (χ2v) is 48.8. The van der Waals surface area contributed by atoms with Crippen LogP contribution in [0.1, 0.15) is 503 Å². The summed E-state index contributed by atoms with van der Waals surface area (Å²) in [7, 11) is 0. The average Bonchev–Trinajstić information content (AvgIpc) is 0.823. The van der Waals surface area contributed by atoms with Gasteiger partial charge in [0, 0.05) is 101 Å². The maximum Gasteiger partial charge on any atom is 0.146 e. The van der Waals surface area contributed by atoms with E-state index >= 15 is 0 Å². The van der Waals surface area contributed by atoms with Gasteiger partial charge in [-0.25, -0.2) is 0 Å². The number of hydrogen-bond acceptors (Lipinski definition) is 18. The van der Waals surface area contributed by atoms with Crippen molar-refractivity contribution in [1.82, 2.24) is 0 Å². The number of carbonyl (C=O) groups excluding carboxylic acids is 18. The van der Waals surface area contributed by atoms with E-state index in [1.54, 1.807) is 0 Å². The highest BCUT2D eigenvalue weighted by molar-refractivity contribution is 6.07. The molecule has 0 bridgehead atoms. The van der Waals surface area contributed by atoms with Crippen molar-refractivity contribution in [3.05, 3.63) is 0 Å². The Hall–Kier alpha value is -5.94. The van der Waals surface area contributed by atoms with Crippen LogP contribution in [0.15, 0.2) is 0 Å². The summed E-state index contributed by atoms with van der Waals surface area (Å²) in [5, 5.41) is 0. The maximum absolute atomic E-state index is 12.2. The summed E-state index contributed by atoms with van der Waals surface area (Å²) in [5.74, 6) is 2.34. The van der Waals surface area contributed by atoms with Crippen molar-refractivity contribution in [3.63, 3.8) is 0 Å². The Kier molecular flexibility index (Phi) is 63.5. The third-order valence-electron chi connectivity index (χ3n) is 25.9. The molecule has 18 heteroatoms. The largest absolute Gasteiger partial charge is 0.299 e. The van der Waals surface area contributed by atoms with E-state index in [1.807, 2.05) is 284 Å². The van der Waals surface area contributed by atoms with Crippen molar-refractivity contribution in [2.45, 2.75) is 503 Å². The van der Waals surface area contributed by atoms with Crippen molar-refractivity contribution >= 4 is 104 Å². The quantitative estimate of drug-likeness (QED) is 0.0526. The number of ketones is 18. The molecule has 756 valence electrons. The first-order chi connectivity index (χ1) is 58.4. The third kappa shape index (κ3) is 60.4. The van der Waals surface area contributed by atoms with E-state index in [0.29, 0.717) is 17.8 Å². The number of Topliss-reactive ketones (excluding diaryl/α,β-unsaturated/α-hetero) is 18. The predicted molar refractivity (Wildman–Crippen MR) is 535 cm³/mol. The minimum Gasteiger partial charge on any atom is -0.299 e. The molecule has 0 saturated heterocycles. The minimum atomic E-state index is -0.405. The van der Waals surface area contributed by atoms with Gasteiger partial charge in [-0.1, -0.05) is 336 Å². The van der Waals surface area contributed by atoms with Gasteiger partial charge in [-0.3, -0.25) is 86.3 Å². The van der Waals surface area contributed by atoms with Crippen LogP contribution in [0.2, 0.25) is 0 Å². The van der Waals surface area contributed by atoms with Gasteiger partial charge in [0.25, 0.3) is 0 Å². The molecule has 130 heavy (non-hydrogen) atoms. The first kappa shape index (κ1) is 135. The van der Waals surface area contributed by atoms with Crippen LogP contribution in [0.25, 0.3) is 0 Å². The Bertz CT molecular complexity index is 3420. The highest BCUT2D eigenvalue weighted by atomic mass is 16.2. The summed E-state index contributed by atoms with van der Waals surface area (Å²) in [6.45, 7) is 82.3. The molecule has 0 N–H and O–H groups in total. The molecular weight excluding hydrogens is 1630 g/mol. The molecule has 3 aliphatic carbocycles. The van der Waals surface area contributed by atoms with Crippen LogP contribution < -0.4 is 0 Å². The smallest absolute Gasteiger partial charge is 0.146 e. The lowest BCUT2D eigenvalue weighted by Crippen LogP contribution is -2.34. The predicted octanol–water partition coefficient (Wildman–Crippen LogP) is 27.7. The van der Waals surface area contributed by atoms with E-state index in [0.717, 1.165) is 128 Å². The third-order valence-corrected chi connectivity index (χ3v) is 25.9. The van der Waals surface area contributed by atoms with Gasteiger partial charge in [-0.15, -0.1) is 0 Å². The maximum atomic E-state index is 12.2. The summed E-state index contributed by atoms with van der Waals surface area (Å²) >= 11 is 0. The lowest BCUT2D eigenvalue weighted by molar-refractivity contribution is -0.138. The van der Waals surface area contributed by atoms with Crippen LogP contribution in [-0.2, 0) is 86.3 Å². The molecule has 18 nitrogen and oxygen atoms in total. The number of carbonyl (C=O) groups is 18. The van der Waals surface area contributed by atoms with Crippen LogP contribution in [0.4, 0.5) is 0 Å². The van der Waals surface area contributed by atoms with Gasteiger partial charge in [-0.05, 0) is 114 Å². The number of rotatable bonds is 36. The van der Waals surface area contributed by atoms with E-state index < -0.39 is 5.41 Å². The van der Waals surface area contributed by atoms with Gasteiger partial charge < -0.3 is 0 Å². The molecule has 3 aliphatic rings. The molecule has 0 aliphatic heterocycles. The van der Waals surface area contributed by atoms with Crippen molar-refractivity contribution in [3.8, 4) is 0 Å². The average molecular weight is 1830 g/mol. The standard InChI is InChI=1S/C15H26O2.C14H24O2.C13H22O2.C13H24O2.3C12H22O2.C11H20O2.C10H18O2/c1-14(2,3)13(17)10-12(16)11-6-8-15(4,5)9-7-11;1-13(2,3)11(15)10-12(16)14(4)8-6-5-7-9-14;1-13(2,3)12(15)9-11(14)10-7-5-4-6-8-10;1-7-13(6,8-2)11(15)9-10(14)12(3,4)5;3*1-6-9(7-2)10(13)8-11(14)12(3,4)5;1-8(2)6-9(12)7-10(13)11(3,4)5;1-7(2)8(11)6-9(12)10(3,4)5/h11H,6-10H2,1-5H3;5-10H2,1-4H3;10H,4-9H2,1-3H3;7-9H2,1-6H3;3*9H,6-8H2,1-5H3;8H,6-7H2,1-5H3;7H,6H2,1-5H3. The van der Waals surface area contributed by atoms with Gasteiger partial charge in [0.05, 0.1) is 57.8 Å². The van der Waals surface area contributed by atoms with Gasteiger partial charge in [0.15, 0.2) is 0 Å². The van der Waals surface area contributed by atoms with Gasteiger partial charge >= 0.3 is 0 Å². The van der Waals surface area contributed by atoms with Crippen molar-refractivity contribution in [2.75, 3.05) is 0 Å². The van der Waals surface area contributed by atoms with Crippen LogP contribution in [0.5, 0.6) is 0 Å². The Morgan fingerprint density at radius 3 is 0.738 bits per heavy atom. The van der Waals surface area contributed by atoms with Crippen LogP contribution in [0.3, 0.4) is 0 Å². The van der Waals surface area contributed by atoms with E-state index in [1.165, 1.54) is 12.8 Å². The molecule has 3 rings (SSSR count). The second-order valence-electron chi connectivity index (χ2n) is 48.8. The Morgan fingerprint density at radius 1 is 0.262 bits per heavy atom. The van der Waals surface area contributed by atoms with E-state index in [2.05, 4.69) is 13.8 Å². The van der Waals surface area contributed by atoms with E-state index in [-0.39, 0.29) is 252 Å². The zero-order chi connectivity index (χ0) is 104. The van der Waals surface area contributed by atoms with Crippen LogP contribution >= 0.6 is 0 Å². The van der Waals surface area contributed by atoms with Crippen molar-refractivity contribution in [2.24, 2.45) is 106 Å². The van der Waals surface area contributed by atoms with Crippen LogP contribution in [-0.4, -0.2) is 104 Å². The molecule has 0 unspecified atom stereocenters. The SMILES string of the molecule is CC(C)(C)C(=O)CC(=O)C1(C)CCCCC1.CC(C)(C)C(=O)CC(=O)C1CCCCC1.CC(C)C(=O)CC(=O)C(C)(C)C.CC(C)CC(=O)CC(=O)C(C)(C)C.CC1(C)CCC(C(=O)CC(=O)C(C)(C)C)CC1.CCC(C)(CC)C(=O)CC(=O)C(C)(C)C.CCC(CC)C(=O)CC(=O)C(C)(C)C.CCC(CC)C(=O)CC(=O)C(C)(C)C.CCC(CC)C(=O)CC(=O)C(C)(C)C. The topological polar surface area (TPSA) is 307 Å². The molecule has 3 fully saturated rings. The van der Waals surface area contributed by atoms with E-state index in [9.17, 15) is 86.3 Å². The molecule has 3 saturated carbocycles. The van der Waals surface area contributed by atoms with Crippen molar-refractivity contribution in [1.29, 1.82) is 0 Å². The van der Waals surface area contributed by atoms with Gasteiger partial charge in [-0.2, -0.15) is 0 Å². The first-order valence-electron chi connectivity index (χ1n) is 50.0. The fourth-order valence-corrected chi connectivity index (χ4v) is 13.3. The Morgan fingerprint density at radius 2 is 0.492 bits per heavy atom. The summed E-state index contributed by atoms with van der Waals surface area (Å²) in [6, 6.07) is 0. The van der Waals surface area contributed by atoms with Crippen molar-refractivity contribution < 1.29 is 86.3 Å². The molecule has 0 amide bonds. The molecule has 0 atom stereocenters. The molecule has 0 aromatic carbocycles.